The molecule has 0 aromatic carbocycles. The third-order valence-corrected chi connectivity index (χ3v) is 4.24. The van der Waals surface area contributed by atoms with Crippen molar-refractivity contribution < 1.29 is 0 Å². The zero-order chi connectivity index (χ0) is 11.4. The largest absolute Gasteiger partial charge is 0.327 e. The summed E-state index contributed by atoms with van der Waals surface area (Å²) in [6.45, 7) is 8.49. The second-order valence-corrected chi connectivity index (χ2v) is 5.42. The highest BCUT2D eigenvalue weighted by Gasteiger charge is 2.25. The fraction of sp³-hybridized carbons (Fsp3) is 1.00. The van der Waals surface area contributed by atoms with Crippen molar-refractivity contribution in [1.29, 1.82) is 0 Å². The van der Waals surface area contributed by atoms with Gasteiger partial charge in [-0.25, -0.2) is 0 Å². The molecular weight excluding hydrogens is 198 g/mol. The molecule has 0 aromatic heterocycles. The molecule has 0 spiro atoms. The van der Waals surface area contributed by atoms with Gasteiger partial charge in [0, 0.05) is 18.6 Å². The van der Waals surface area contributed by atoms with Crippen LogP contribution in [0, 0.1) is 0 Å². The molecule has 0 aromatic rings. The standard InChI is InChI=1S/C13H27N3/c1-2-15-8-4-6-13(7-10-15)16-9-3-5-12(14)11-16/h12-13H,2-11,14H2,1H3. The molecule has 2 fully saturated rings. The van der Waals surface area contributed by atoms with Gasteiger partial charge in [-0.15, -0.1) is 0 Å². The summed E-state index contributed by atoms with van der Waals surface area (Å²) in [4.78, 5) is 5.25. The van der Waals surface area contributed by atoms with Gasteiger partial charge in [-0.3, -0.25) is 4.90 Å². The highest BCUT2D eigenvalue weighted by atomic mass is 15.2. The molecule has 2 saturated heterocycles. The maximum atomic E-state index is 6.07. The molecule has 94 valence electrons. The van der Waals surface area contributed by atoms with E-state index < -0.39 is 0 Å². The van der Waals surface area contributed by atoms with Crippen LogP contribution in [0.1, 0.15) is 39.0 Å². The molecule has 0 saturated carbocycles. The molecule has 2 unspecified atom stereocenters. The van der Waals surface area contributed by atoms with Crippen molar-refractivity contribution in [1.82, 2.24) is 9.80 Å². The van der Waals surface area contributed by atoms with E-state index in [9.17, 15) is 0 Å². The molecule has 0 aliphatic carbocycles. The second kappa shape index (κ2) is 5.99. The fourth-order valence-corrected chi connectivity index (χ4v) is 3.19. The maximum Gasteiger partial charge on any atom is 0.0168 e. The minimum Gasteiger partial charge on any atom is -0.327 e. The van der Waals surface area contributed by atoms with Gasteiger partial charge in [-0.05, 0) is 58.3 Å². The van der Waals surface area contributed by atoms with Gasteiger partial charge >= 0.3 is 0 Å². The molecule has 3 heteroatoms. The Morgan fingerprint density at radius 2 is 1.88 bits per heavy atom. The van der Waals surface area contributed by atoms with Crippen LogP contribution in [0.4, 0.5) is 0 Å². The van der Waals surface area contributed by atoms with E-state index in [0.29, 0.717) is 6.04 Å². The Morgan fingerprint density at radius 1 is 1.06 bits per heavy atom. The Balaban J connectivity index is 1.84. The van der Waals surface area contributed by atoms with Gasteiger partial charge < -0.3 is 10.6 Å². The summed E-state index contributed by atoms with van der Waals surface area (Å²) in [6.07, 6.45) is 6.62. The lowest BCUT2D eigenvalue weighted by molar-refractivity contribution is 0.136. The first-order valence-corrected chi connectivity index (χ1v) is 7.01. The van der Waals surface area contributed by atoms with Crippen LogP contribution < -0.4 is 5.73 Å². The van der Waals surface area contributed by atoms with E-state index in [0.717, 1.165) is 12.6 Å². The minimum atomic E-state index is 0.430. The van der Waals surface area contributed by atoms with Crippen molar-refractivity contribution >= 4 is 0 Å². The number of likely N-dealkylation sites (tertiary alicyclic amines) is 2. The summed E-state index contributed by atoms with van der Waals surface area (Å²) in [6, 6.07) is 1.24. The normalized spacial score (nSPS) is 34.9. The lowest BCUT2D eigenvalue weighted by atomic mass is 10.0. The van der Waals surface area contributed by atoms with Crippen LogP contribution in [-0.4, -0.2) is 54.6 Å². The molecule has 2 atom stereocenters. The van der Waals surface area contributed by atoms with Crippen LogP contribution in [0.15, 0.2) is 0 Å². The molecule has 2 aliphatic heterocycles. The van der Waals surface area contributed by atoms with E-state index in [-0.39, 0.29) is 0 Å². The Bertz CT molecular complexity index is 207. The Kier molecular flexibility index (Phi) is 4.62. The van der Waals surface area contributed by atoms with Crippen LogP contribution >= 0.6 is 0 Å². The van der Waals surface area contributed by atoms with Gasteiger partial charge in [-0.2, -0.15) is 0 Å². The lowest BCUT2D eigenvalue weighted by Gasteiger charge is -2.36. The Labute approximate surface area is 100.0 Å². The maximum absolute atomic E-state index is 6.07. The first-order chi connectivity index (χ1) is 7.79. The molecule has 0 bridgehead atoms. The van der Waals surface area contributed by atoms with Crippen LogP contribution in [0.3, 0.4) is 0 Å². The van der Waals surface area contributed by atoms with Crippen LogP contribution in [0.25, 0.3) is 0 Å². The summed E-state index contributed by atoms with van der Waals surface area (Å²) in [5, 5.41) is 0. The molecule has 2 rings (SSSR count). The molecule has 0 radical (unpaired) electrons. The predicted molar refractivity (Wildman–Crippen MR) is 68.5 cm³/mol. The first-order valence-electron chi connectivity index (χ1n) is 7.01. The van der Waals surface area contributed by atoms with Crippen molar-refractivity contribution in [2.24, 2.45) is 5.73 Å². The van der Waals surface area contributed by atoms with Crippen molar-refractivity contribution in [3.05, 3.63) is 0 Å². The highest BCUT2D eigenvalue weighted by molar-refractivity contribution is 4.83. The Morgan fingerprint density at radius 3 is 2.62 bits per heavy atom. The summed E-state index contributed by atoms with van der Waals surface area (Å²) in [5.41, 5.74) is 6.07. The van der Waals surface area contributed by atoms with Crippen molar-refractivity contribution in [2.75, 3.05) is 32.7 Å². The van der Waals surface area contributed by atoms with Crippen molar-refractivity contribution in [3.63, 3.8) is 0 Å². The van der Waals surface area contributed by atoms with Gasteiger partial charge in [0.25, 0.3) is 0 Å². The number of hydrogen-bond donors (Lipinski definition) is 1. The average molecular weight is 225 g/mol. The van der Waals surface area contributed by atoms with E-state index >= 15 is 0 Å². The van der Waals surface area contributed by atoms with E-state index in [1.165, 1.54) is 58.3 Å². The van der Waals surface area contributed by atoms with Crippen LogP contribution in [-0.2, 0) is 0 Å². The summed E-state index contributed by atoms with van der Waals surface area (Å²) in [7, 11) is 0. The number of piperidine rings is 1. The second-order valence-electron chi connectivity index (χ2n) is 5.42. The van der Waals surface area contributed by atoms with Crippen LogP contribution in [0.2, 0.25) is 0 Å². The zero-order valence-electron chi connectivity index (χ0n) is 10.7. The molecule has 16 heavy (non-hydrogen) atoms. The summed E-state index contributed by atoms with van der Waals surface area (Å²) < 4.78 is 0. The van der Waals surface area contributed by atoms with E-state index in [2.05, 4.69) is 16.7 Å². The topological polar surface area (TPSA) is 32.5 Å². The van der Waals surface area contributed by atoms with Gasteiger partial charge in [0.1, 0.15) is 0 Å². The molecule has 2 aliphatic rings. The van der Waals surface area contributed by atoms with E-state index in [4.69, 9.17) is 5.73 Å². The highest BCUT2D eigenvalue weighted by Crippen LogP contribution is 2.20. The average Bonchev–Trinajstić information content (AvgIpc) is 2.54. The molecule has 2 N–H and O–H groups in total. The zero-order valence-corrected chi connectivity index (χ0v) is 10.7. The van der Waals surface area contributed by atoms with Crippen LogP contribution in [0.5, 0.6) is 0 Å². The molecule has 0 amide bonds. The third kappa shape index (κ3) is 3.19. The van der Waals surface area contributed by atoms with Crippen molar-refractivity contribution in [2.45, 2.75) is 51.1 Å². The van der Waals surface area contributed by atoms with E-state index in [1.807, 2.05) is 0 Å². The molecule has 2 heterocycles. The smallest absolute Gasteiger partial charge is 0.0168 e. The number of nitrogens with zero attached hydrogens (tertiary/aromatic N) is 2. The molecule has 3 nitrogen and oxygen atoms in total. The van der Waals surface area contributed by atoms with Crippen molar-refractivity contribution in [3.8, 4) is 0 Å². The number of rotatable bonds is 2. The quantitative estimate of drug-likeness (QED) is 0.768. The first kappa shape index (κ1) is 12.3. The number of hydrogen-bond acceptors (Lipinski definition) is 3. The summed E-state index contributed by atoms with van der Waals surface area (Å²) >= 11 is 0. The SMILES string of the molecule is CCN1CCCC(N2CCCC(N)C2)CC1. The van der Waals surface area contributed by atoms with E-state index in [1.54, 1.807) is 0 Å². The third-order valence-electron chi connectivity index (χ3n) is 4.24. The monoisotopic (exact) mass is 225 g/mol. The lowest BCUT2D eigenvalue weighted by Crippen LogP contribution is -2.47. The number of nitrogens with two attached hydrogens (primary N) is 1. The van der Waals surface area contributed by atoms with Gasteiger partial charge in [0.2, 0.25) is 0 Å². The van der Waals surface area contributed by atoms with Gasteiger partial charge in [0.15, 0.2) is 0 Å². The predicted octanol–water partition coefficient (Wildman–Crippen LogP) is 1.28. The van der Waals surface area contributed by atoms with Gasteiger partial charge in [-0.1, -0.05) is 6.92 Å². The van der Waals surface area contributed by atoms with Gasteiger partial charge in [0.05, 0.1) is 0 Å². The molecular formula is C13H27N3. The minimum absolute atomic E-state index is 0.430. The summed E-state index contributed by atoms with van der Waals surface area (Å²) in [5.74, 6) is 0. The fourth-order valence-electron chi connectivity index (χ4n) is 3.19. The Hall–Kier alpha value is -0.120.